The zero-order valence-corrected chi connectivity index (χ0v) is 10.0. The maximum atomic E-state index is 13.4. The van der Waals surface area contributed by atoms with Crippen molar-refractivity contribution in [3.8, 4) is 0 Å². The fourth-order valence-corrected chi connectivity index (χ4v) is 1.51. The van der Waals surface area contributed by atoms with E-state index in [4.69, 9.17) is 0 Å². The van der Waals surface area contributed by atoms with E-state index in [-0.39, 0.29) is 24.4 Å². The summed E-state index contributed by atoms with van der Waals surface area (Å²) in [6.07, 6.45) is 0.394. The lowest BCUT2D eigenvalue weighted by Crippen LogP contribution is -2.12. The molecule has 0 aromatic heterocycles. The van der Waals surface area contributed by atoms with Crippen molar-refractivity contribution < 1.29 is 18.3 Å². The van der Waals surface area contributed by atoms with Gasteiger partial charge in [0.05, 0.1) is 7.11 Å². The van der Waals surface area contributed by atoms with E-state index in [0.717, 1.165) is 5.56 Å². The van der Waals surface area contributed by atoms with Crippen molar-refractivity contribution in [1.82, 2.24) is 0 Å². The fraction of sp³-hybridized carbons (Fsp3) is 0.462. The Kier molecular flexibility index (Phi) is 4.61. The molecule has 0 saturated carbocycles. The molecule has 2 nitrogen and oxygen atoms in total. The highest BCUT2D eigenvalue weighted by molar-refractivity contribution is 5.69. The Labute approximate surface area is 99.6 Å². The first-order chi connectivity index (χ1) is 7.99. The van der Waals surface area contributed by atoms with Crippen LogP contribution in [0.15, 0.2) is 24.3 Å². The van der Waals surface area contributed by atoms with Gasteiger partial charge in [-0.05, 0) is 18.1 Å². The highest BCUT2D eigenvalue weighted by Gasteiger charge is 2.28. The summed E-state index contributed by atoms with van der Waals surface area (Å²) in [5.74, 6) is -3.14. The lowest BCUT2D eigenvalue weighted by atomic mass is 10.0. The molecule has 0 aliphatic heterocycles. The van der Waals surface area contributed by atoms with Crippen LogP contribution in [0.25, 0.3) is 0 Å². The minimum atomic E-state index is -2.80. The molecule has 1 rings (SSSR count). The van der Waals surface area contributed by atoms with Crippen molar-refractivity contribution >= 4 is 5.97 Å². The summed E-state index contributed by atoms with van der Waals surface area (Å²) in [6, 6.07) is 6.18. The van der Waals surface area contributed by atoms with E-state index >= 15 is 0 Å². The topological polar surface area (TPSA) is 26.3 Å². The van der Waals surface area contributed by atoms with E-state index in [0.29, 0.717) is 6.42 Å². The Hall–Kier alpha value is -1.45. The van der Waals surface area contributed by atoms with E-state index in [1.165, 1.54) is 26.2 Å². The maximum Gasteiger partial charge on any atom is 0.305 e. The number of carbonyl (C=O) groups is 1. The standard InChI is InChI=1S/C13H16F2O2/c1-3-13(14,15)11-6-4-5-10(9-11)7-8-12(16)17-2/h4-6,9H,3,7-8H2,1-2H3. The van der Waals surface area contributed by atoms with Gasteiger partial charge in [0, 0.05) is 18.4 Å². The van der Waals surface area contributed by atoms with Gasteiger partial charge in [-0.25, -0.2) is 8.78 Å². The van der Waals surface area contributed by atoms with Crippen molar-refractivity contribution in [3.05, 3.63) is 35.4 Å². The first-order valence-corrected chi connectivity index (χ1v) is 5.53. The molecule has 1 aromatic rings. The molecule has 0 fully saturated rings. The Balaban J connectivity index is 2.76. The first-order valence-electron chi connectivity index (χ1n) is 5.53. The lowest BCUT2D eigenvalue weighted by Gasteiger charge is -2.15. The number of rotatable bonds is 5. The summed E-state index contributed by atoms with van der Waals surface area (Å²) < 4.78 is 31.4. The van der Waals surface area contributed by atoms with Crippen molar-refractivity contribution in [2.24, 2.45) is 0 Å². The van der Waals surface area contributed by atoms with E-state index in [1.807, 2.05) is 0 Å². The van der Waals surface area contributed by atoms with Crippen molar-refractivity contribution in [3.63, 3.8) is 0 Å². The van der Waals surface area contributed by atoms with Gasteiger partial charge in [-0.3, -0.25) is 4.79 Å². The third-order valence-electron chi connectivity index (χ3n) is 2.64. The SMILES string of the molecule is CCC(F)(F)c1cccc(CCC(=O)OC)c1. The second-order valence-corrected chi connectivity index (χ2v) is 3.83. The van der Waals surface area contributed by atoms with Crippen molar-refractivity contribution in [1.29, 1.82) is 0 Å². The molecule has 0 heterocycles. The van der Waals surface area contributed by atoms with Gasteiger partial charge in [-0.15, -0.1) is 0 Å². The number of methoxy groups -OCH3 is 1. The van der Waals surface area contributed by atoms with Gasteiger partial charge in [0.15, 0.2) is 0 Å². The second-order valence-electron chi connectivity index (χ2n) is 3.83. The van der Waals surface area contributed by atoms with Crippen molar-refractivity contribution in [2.45, 2.75) is 32.1 Å². The van der Waals surface area contributed by atoms with Gasteiger partial charge in [0.2, 0.25) is 0 Å². The Bertz CT molecular complexity index is 389. The molecular weight excluding hydrogens is 226 g/mol. The molecule has 0 N–H and O–H groups in total. The summed E-state index contributed by atoms with van der Waals surface area (Å²) in [5.41, 5.74) is 0.725. The molecule has 0 atom stereocenters. The number of aryl methyl sites for hydroxylation is 1. The van der Waals surface area contributed by atoms with Gasteiger partial charge in [0.1, 0.15) is 0 Å². The van der Waals surface area contributed by atoms with Crippen LogP contribution < -0.4 is 0 Å². The summed E-state index contributed by atoms with van der Waals surface area (Å²) in [4.78, 5) is 11.0. The van der Waals surface area contributed by atoms with Crippen LogP contribution in [0.1, 0.15) is 30.9 Å². The maximum absolute atomic E-state index is 13.4. The van der Waals surface area contributed by atoms with Gasteiger partial charge in [0.25, 0.3) is 5.92 Å². The van der Waals surface area contributed by atoms with Crippen LogP contribution in [-0.2, 0) is 21.9 Å². The summed E-state index contributed by atoms with van der Waals surface area (Å²) in [6.45, 7) is 1.45. The molecule has 94 valence electrons. The highest BCUT2D eigenvalue weighted by atomic mass is 19.3. The zero-order chi connectivity index (χ0) is 12.9. The fourth-order valence-electron chi connectivity index (χ4n) is 1.51. The number of ether oxygens (including phenoxy) is 1. The smallest absolute Gasteiger partial charge is 0.305 e. The normalized spacial score (nSPS) is 11.3. The van der Waals surface area contributed by atoms with Crippen LogP contribution in [0, 0.1) is 0 Å². The number of halogens is 2. The molecule has 0 aliphatic rings. The molecule has 0 amide bonds. The van der Waals surface area contributed by atoms with Crippen LogP contribution in [0.5, 0.6) is 0 Å². The quantitative estimate of drug-likeness (QED) is 0.740. The summed E-state index contributed by atoms with van der Waals surface area (Å²) in [5, 5.41) is 0. The molecule has 0 unspecified atom stereocenters. The summed E-state index contributed by atoms with van der Waals surface area (Å²) >= 11 is 0. The largest absolute Gasteiger partial charge is 0.469 e. The molecule has 0 spiro atoms. The summed E-state index contributed by atoms with van der Waals surface area (Å²) in [7, 11) is 1.31. The predicted octanol–water partition coefficient (Wildman–Crippen LogP) is 3.29. The molecule has 4 heteroatoms. The number of hydrogen-bond acceptors (Lipinski definition) is 2. The van der Waals surface area contributed by atoms with E-state index in [1.54, 1.807) is 12.1 Å². The van der Waals surface area contributed by atoms with Gasteiger partial charge >= 0.3 is 5.97 Å². The molecule has 0 saturated heterocycles. The van der Waals surface area contributed by atoms with Gasteiger partial charge in [-0.1, -0.05) is 25.1 Å². The third kappa shape index (κ3) is 3.80. The Morgan fingerprint density at radius 3 is 2.71 bits per heavy atom. The molecule has 0 aliphatic carbocycles. The number of carbonyl (C=O) groups excluding carboxylic acids is 1. The minimum Gasteiger partial charge on any atom is -0.469 e. The highest BCUT2D eigenvalue weighted by Crippen LogP contribution is 2.31. The molecule has 1 aromatic carbocycles. The van der Waals surface area contributed by atoms with Crippen LogP contribution in [-0.4, -0.2) is 13.1 Å². The minimum absolute atomic E-state index is 0.00219. The monoisotopic (exact) mass is 242 g/mol. The lowest BCUT2D eigenvalue weighted by molar-refractivity contribution is -0.140. The second kappa shape index (κ2) is 5.75. The molecular formula is C13H16F2O2. The predicted molar refractivity (Wildman–Crippen MR) is 61.0 cm³/mol. The van der Waals surface area contributed by atoms with Gasteiger partial charge in [-0.2, -0.15) is 0 Å². The zero-order valence-electron chi connectivity index (χ0n) is 10.0. The van der Waals surface area contributed by atoms with Crippen LogP contribution in [0.3, 0.4) is 0 Å². The van der Waals surface area contributed by atoms with E-state index in [9.17, 15) is 13.6 Å². The van der Waals surface area contributed by atoms with E-state index in [2.05, 4.69) is 4.74 Å². The number of hydrogen-bond donors (Lipinski definition) is 0. The molecule has 17 heavy (non-hydrogen) atoms. The number of benzene rings is 1. The first kappa shape index (κ1) is 13.6. The number of esters is 1. The van der Waals surface area contributed by atoms with Crippen molar-refractivity contribution in [2.75, 3.05) is 7.11 Å². The van der Waals surface area contributed by atoms with Crippen LogP contribution in [0.4, 0.5) is 8.78 Å². The van der Waals surface area contributed by atoms with Crippen LogP contribution in [0.2, 0.25) is 0 Å². The molecule has 0 radical (unpaired) electrons. The average Bonchev–Trinajstić information content (AvgIpc) is 2.36. The molecule has 0 bridgehead atoms. The third-order valence-corrected chi connectivity index (χ3v) is 2.64. The van der Waals surface area contributed by atoms with Crippen LogP contribution >= 0.6 is 0 Å². The Morgan fingerprint density at radius 1 is 1.41 bits per heavy atom. The number of alkyl halides is 2. The average molecular weight is 242 g/mol. The van der Waals surface area contributed by atoms with E-state index < -0.39 is 5.92 Å². The Morgan fingerprint density at radius 2 is 2.12 bits per heavy atom. The van der Waals surface area contributed by atoms with Gasteiger partial charge < -0.3 is 4.74 Å².